The summed E-state index contributed by atoms with van der Waals surface area (Å²) in [5.41, 5.74) is 11.6. The van der Waals surface area contributed by atoms with Gasteiger partial charge in [0.15, 0.2) is 0 Å². The molecule has 434 valence electrons. The maximum Gasteiger partial charge on any atom is 0.251 e. The van der Waals surface area contributed by atoms with Gasteiger partial charge in [0.2, 0.25) is 35.4 Å². The number of amides is 7. The Hall–Kier alpha value is -8.33. The quantitative estimate of drug-likeness (QED) is 0.0672. The summed E-state index contributed by atoms with van der Waals surface area (Å²) in [5.74, 6) is -4.45. The Bertz CT molecular complexity index is 3010. The molecule has 1 unspecified atom stereocenters. The molecule has 11 N–H and O–H groups in total. The molecule has 0 aromatic heterocycles. The van der Waals surface area contributed by atoms with Crippen molar-refractivity contribution in [1.29, 1.82) is 0 Å². The fourth-order valence-electron chi connectivity index (χ4n) is 10.6. The SMILES string of the molecule is CCCCCOc1ccc(-c2ccc(-c3ccc(C(=O)N[C@H]4CCCNC(=O)[C@@H]5C[C@H](N)CN5C(=O)[C@H](Cc5ccc(O)cc5)NC(=O)C(CCc5ccc(O)cc5)NC(=O)[C@@H]5C[C@@H](O)CN5C(=O)[C@H]([C@@H](C)O)NC4=O)cc3)cc2)cc1. The Balaban J connectivity index is 1.04. The highest BCUT2D eigenvalue weighted by Gasteiger charge is 2.45. The number of nitrogens with one attached hydrogen (secondary N) is 5. The van der Waals surface area contributed by atoms with Gasteiger partial charge < -0.3 is 67.3 Å². The summed E-state index contributed by atoms with van der Waals surface area (Å²) in [6.07, 6.45) is 0.356. The van der Waals surface area contributed by atoms with E-state index in [-0.39, 0.29) is 81.6 Å². The van der Waals surface area contributed by atoms with Gasteiger partial charge in [-0.05, 0) is 127 Å². The lowest BCUT2D eigenvalue weighted by Crippen LogP contribution is -2.61. The van der Waals surface area contributed by atoms with Crippen molar-refractivity contribution in [2.45, 2.75) is 133 Å². The number of ether oxygens (including phenoxy) is 1. The fourth-order valence-corrected chi connectivity index (χ4v) is 10.6. The first-order chi connectivity index (χ1) is 39.4. The molecule has 0 saturated carbocycles. The van der Waals surface area contributed by atoms with Crippen LogP contribution in [0, 0.1) is 0 Å². The maximum absolute atomic E-state index is 14.8. The average Bonchev–Trinajstić information content (AvgIpc) is 4.19. The van der Waals surface area contributed by atoms with Gasteiger partial charge >= 0.3 is 0 Å². The number of hydrogen-bond acceptors (Lipinski definition) is 13. The predicted octanol–water partition coefficient (Wildman–Crippen LogP) is 3.61. The van der Waals surface area contributed by atoms with E-state index in [0.717, 1.165) is 52.2 Å². The number of fused-ring (bicyclic) bond motifs is 2. The highest BCUT2D eigenvalue weighted by Crippen LogP contribution is 2.28. The Morgan fingerprint density at radius 1 is 0.671 bits per heavy atom. The first-order valence-electron chi connectivity index (χ1n) is 28.2. The van der Waals surface area contributed by atoms with Crippen molar-refractivity contribution < 1.29 is 58.7 Å². The monoisotopic (exact) mass is 1120 g/mol. The minimum absolute atomic E-state index is 0.00993. The smallest absolute Gasteiger partial charge is 0.251 e. The van der Waals surface area contributed by atoms with Crippen LogP contribution in [0.5, 0.6) is 17.2 Å². The minimum Gasteiger partial charge on any atom is -0.508 e. The van der Waals surface area contributed by atoms with E-state index in [4.69, 9.17) is 10.5 Å². The highest BCUT2D eigenvalue weighted by molar-refractivity contribution is 6.00. The molecular weight excluding hydrogens is 1050 g/mol. The summed E-state index contributed by atoms with van der Waals surface area (Å²) < 4.78 is 5.87. The number of aryl methyl sites for hydroxylation is 1. The molecule has 8 rings (SSSR count). The standard InChI is InChI=1S/C62H74N8O12/c1-3-4-5-31-82-49-27-21-43(22-28-49)41-15-13-40(14-16-41)42-17-19-44(20-18-42)56(75)65-50-7-6-30-64-59(78)53-33-45(63)35-69(53)61(80)52(32-39-10-25-47(73)26-11-39)67-57(76)51(29-12-38-8-23-46(72)24-9-38)66-60(79)54-34-48(74)36-70(54)62(81)55(37(2)71)68-58(50)77/h8-11,13-28,37,45,48,50-55,71-74H,3-7,12,29-36,63H2,1-2H3,(H,64,78)(H,65,75)(H,66,79)(H,67,76)(H,68,77)/t37-,45+,48-,50+,51?,52+,53+,54+,55+/m1/s1. The Morgan fingerprint density at radius 3 is 1.84 bits per heavy atom. The average molecular weight is 1120 g/mol. The first kappa shape index (κ1) is 59.8. The summed E-state index contributed by atoms with van der Waals surface area (Å²) in [5, 5.41) is 55.8. The Labute approximate surface area is 476 Å². The molecule has 5 aromatic rings. The molecule has 20 nitrogen and oxygen atoms in total. The van der Waals surface area contributed by atoms with E-state index in [1.54, 1.807) is 48.5 Å². The molecule has 3 aliphatic heterocycles. The molecule has 3 saturated heterocycles. The van der Waals surface area contributed by atoms with E-state index < -0.39 is 95.9 Å². The first-order valence-corrected chi connectivity index (χ1v) is 28.2. The molecule has 3 aliphatic rings. The summed E-state index contributed by atoms with van der Waals surface area (Å²) in [7, 11) is 0. The third kappa shape index (κ3) is 15.6. The number of aromatic hydroxyl groups is 2. The van der Waals surface area contributed by atoms with Crippen LogP contribution in [-0.4, -0.2) is 152 Å². The topological polar surface area (TPSA) is 302 Å². The van der Waals surface area contributed by atoms with Crippen molar-refractivity contribution in [3.05, 3.63) is 138 Å². The second-order valence-corrected chi connectivity index (χ2v) is 21.5. The molecule has 5 aromatic carbocycles. The van der Waals surface area contributed by atoms with Gasteiger partial charge in [-0.1, -0.05) is 92.6 Å². The second-order valence-electron chi connectivity index (χ2n) is 21.5. The highest BCUT2D eigenvalue weighted by atomic mass is 16.5. The molecule has 9 atom stereocenters. The molecule has 20 heteroatoms. The van der Waals surface area contributed by atoms with E-state index in [0.29, 0.717) is 17.7 Å². The van der Waals surface area contributed by atoms with E-state index in [9.17, 15) is 54.0 Å². The lowest BCUT2D eigenvalue weighted by Gasteiger charge is -2.32. The Kier molecular flexibility index (Phi) is 20.3. The lowest BCUT2D eigenvalue weighted by atomic mass is 9.99. The summed E-state index contributed by atoms with van der Waals surface area (Å²) in [6.45, 7) is 3.66. The number of aliphatic hydroxyl groups excluding tert-OH is 2. The van der Waals surface area contributed by atoms with Gasteiger partial charge in [0, 0.05) is 44.1 Å². The molecule has 0 aliphatic carbocycles. The van der Waals surface area contributed by atoms with Crippen LogP contribution < -0.4 is 37.1 Å². The predicted molar refractivity (Wildman–Crippen MR) is 306 cm³/mol. The number of nitrogens with zero attached hydrogens (tertiary/aromatic N) is 2. The van der Waals surface area contributed by atoms with Gasteiger partial charge in [-0.2, -0.15) is 0 Å². The van der Waals surface area contributed by atoms with Crippen molar-refractivity contribution in [3.8, 4) is 39.5 Å². The molecule has 3 heterocycles. The van der Waals surface area contributed by atoms with E-state index in [1.165, 1.54) is 36.1 Å². The largest absolute Gasteiger partial charge is 0.508 e. The van der Waals surface area contributed by atoms with E-state index in [2.05, 4.69) is 33.5 Å². The zero-order valence-corrected chi connectivity index (χ0v) is 46.2. The van der Waals surface area contributed by atoms with Gasteiger partial charge in [0.25, 0.3) is 5.91 Å². The summed E-state index contributed by atoms with van der Waals surface area (Å²) in [4.78, 5) is 103. The lowest BCUT2D eigenvalue weighted by molar-refractivity contribution is -0.145. The van der Waals surface area contributed by atoms with Crippen LogP contribution >= 0.6 is 0 Å². The second kappa shape index (κ2) is 27.9. The normalized spacial score (nSPS) is 23.5. The Morgan fingerprint density at radius 2 is 1.23 bits per heavy atom. The number of aliphatic hydroxyl groups is 2. The van der Waals surface area contributed by atoms with Gasteiger partial charge in [-0.15, -0.1) is 0 Å². The van der Waals surface area contributed by atoms with Crippen LogP contribution in [0.25, 0.3) is 22.3 Å². The number of benzene rings is 5. The van der Waals surface area contributed by atoms with Crippen molar-refractivity contribution >= 4 is 41.4 Å². The number of unbranched alkanes of at least 4 members (excludes halogenated alkanes) is 2. The zero-order valence-electron chi connectivity index (χ0n) is 46.2. The number of hydrogen-bond donors (Lipinski definition) is 10. The van der Waals surface area contributed by atoms with Crippen LogP contribution in [0.15, 0.2) is 121 Å². The van der Waals surface area contributed by atoms with Gasteiger partial charge in [0.1, 0.15) is 53.5 Å². The van der Waals surface area contributed by atoms with Crippen LogP contribution in [0.3, 0.4) is 0 Å². The number of carbonyl (C=O) groups is 7. The third-order valence-corrected chi connectivity index (χ3v) is 15.3. The molecule has 7 amide bonds. The molecule has 0 radical (unpaired) electrons. The van der Waals surface area contributed by atoms with Crippen LogP contribution in [0.1, 0.15) is 86.7 Å². The number of carbonyl (C=O) groups excluding carboxylic acids is 7. The maximum atomic E-state index is 14.8. The summed E-state index contributed by atoms with van der Waals surface area (Å²) >= 11 is 0. The van der Waals surface area contributed by atoms with Gasteiger partial charge in [-0.25, -0.2) is 0 Å². The minimum atomic E-state index is -1.68. The molecule has 82 heavy (non-hydrogen) atoms. The van der Waals surface area contributed by atoms with Crippen LogP contribution in [0.4, 0.5) is 0 Å². The van der Waals surface area contributed by atoms with E-state index >= 15 is 0 Å². The number of phenolic OH excluding ortho intramolecular Hbond substituents is 2. The third-order valence-electron chi connectivity index (χ3n) is 15.3. The molecule has 0 spiro atoms. The van der Waals surface area contributed by atoms with Gasteiger partial charge in [0.05, 0.1) is 18.8 Å². The van der Waals surface area contributed by atoms with Crippen LogP contribution in [0.2, 0.25) is 0 Å². The van der Waals surface area contributed by atoms with Crippen LogP contribution in [-0.2, 0) is 41.6 Å². The van der Waals surface area contributed by atoms with Crippen molar-refractivity contribution in [2.24, 2.45) is 5.73 Å². The van der Waals surface area contributed by atoms with Crippen molar-refractivity contribution in [2.75, 3.05) is 26.2 Å². The van der Waals surface area contributed by atoms with Crippen molar-refractivity contribution in [1.82, 2.24) is 36.4 Å². The molecular formula is C62H74N8O12. The molecule has 3 fully saturated rings. The number of nitrogens with two attached hydrogens (primary N) is 1. The van der Waals surface area contributed by atoms with E-state index in [1.807, 2.05) is 48.5 Å². The number of phenols is 2. The fraction of sp³-hybridized carbons (Fsp3) is 0.403. The zero-order chi connectivity index (χ0) is 58.5. The molecule has 0 bridgehead atoms. The summed E-state index contributed by atoms with van der Waals surface area (Å²) in [6, 6.07) is 26.2. The number of rotatable bonds is 15. The van der Waals surface area contributed by atoms with Gasteiger partial charge in [-0.3, -0.25) is 33.6 Å². The van der Waals surface area contributed by atoms with Crippen molar-refractivity contribution in [3.63, 3.8) is 0 Å².